The zero-order valence-corrected chi connectivity index (χ0v) is 9.74. The largest absolute Gasteiger partial charge is 0.506 e. The fraction of sp³-hybridized carbons (Fsp3) is 0.364. The van der Waals surface area contributed by atoms with Crippen LogP contribution in [0.15, 0.2) is 24.3 Å². The van der Waals surface area contributed by atoms with Gasteiger partial charge in [0.1, 0.15) is 6.10 Å². The Morgan fingerprint density at radius 3 is 2.50 bits per heavy atom. The molecule has 1 aromatic rings. The molecule has 0 heterocycles. The summed E-state index contributed by atoms with van der Waals surface area (Å²) in [6.07, 6.45) is -1.74. The molecule has 1 aromatic carbocycles. The predicted octanol–water partition coefficient (Wildman–Crippen LogP) is 2.37. The number of non-ortho nitro benzene ring substituents is 1. The summed E-state index contributed by atoms with van der Waals surface area (Å²) in [5, 5.41) is 19.1. The zero-order valence-electron chi connectivity index (χ0n) is 9.74. The third-order valence-electron chi connectivity index (χ3n) is 2.30. The van der Waals surface area contributed by atoms with Crippen LogP contribution < -0.4 is 0 Å². The average Bonchev–Trinajstić information content (AvgIpc) is 2.34. The fourth-order valence-corrected chi connectivity index (χ4v) is 1.45. The predicted molar refractivity (Wildman–Crippen MR) is 61.4 cm³/mol. The Labute approximate surface area is 103 Å². The van der Waals surface area contributed by atoms with Gasteiger partial charge in [-0.3, -0.25) is 10.1 Å². The molecule has 0 aromatic heterocycles. The van der Waals surface area contributed by atoms with Gasteiger partial charge in [-0.15, -0.1) is 0 Å². The van der Waals surface area contributed by atoms with Crippen LogP contribution in [0, 0.1) is 10.1 Å². The van der Waals surface area contributed by atoms with Crippen LogP contribution >= 0.6 is 0 Å². The lowest BCUT2D eigenvalue weighted by atomic mass is 10.1. The first-order valence-electron chi connectivity index (χ1n) is 5.17. The van der Waals surface area contributed by atoms with Gasteiger partial charge in [-0.25, -0.2) is 4.79 Å². The Kier molecular flexibility index (Phi) is 5.06. The van der Waals surface area contributed by atoms with E-state index in [4.69, 9.17) is 14.6 Å². The van der Waals surface area contributed by atoms with E-state index in [0.29, 0.717) is 18.6 Å². The molecule has 1 rings (SSSR count). The van der Waals surface area contributed by atoms with Gasteiger partial charge in [-0.2, -0.15) is 0 Å². The molecule has 7 heteroatoms. The van der Waals surface area contributed by atoms with E-state index in [2.05, 4.69) is 0 Å². The molecule has 0 fully saturated rings. The van der Waals surface area contributed by atoms with Crippen LogP contribution in [0.2, 0.25) is 0 Å². The fourth-order valence-electron chi connectivity index (χ4n) is 1.45. The third kappa shape index (κ3) is 4.02. The number of ether oxygens (including phenoxy) is 2. The summed E-state index contributed by atoms with van der Waals surface area (Å²) in [4.78, 5) is 20.5. The first-order valence-corrected chi connectivity index (χ1v) is 5.17. The number of hydrogen-bond donors (Lipinski definition) is 1. The maximum atomic E-state index is 10.6. The molecule has 7 nitrogen and oxygen atoms in total. The molecule has 0 aliphatic carbocycles. The van der Waals surface area contributed by atoms with Crippen LogP contribution in [0.3, 0.4) is 0 Å². The number of rotatable bonds is 6. The monoisotopic (exact) mass is 255 g/mol. The molecule has 0 bridgehead atoms. The van der Waals surface area contributed by atoms with Crippen molar-refractivity contribution in [1.82, 2.24) is 0 Å². The minimum Gasteiger partial charge on any atom is -0.450 e. The number of carbonyl (C=O) groups is 1. The van der Waals surface area contributed by atoms with Gasteiger partial charge in [0.05, 0.1) is 11.5 Å². The molecule has 0 spiro atoms. The molecule has 98 valence electrons. The van der Waals surface area contributed by atoms with Gasteiger partial charge in [0.15, 0.2) is 0 Å². The van der Waals surface area contributed by atoms with Crippen LogP contribution in [-0.4, -0.2) is 29.9 Å². The van der Waals surface area contributed by atoms with Crippen LogP contribution in [0.1, 0.15) is 18.1 Å². The highest BCUT2D eigenvalue weighted by Crippen LogP contribution is 2.23. The van der Waals surface area contributed by atoms with Crippen LogP contribution in [0.25, 0.3) is 0 Å². The Morgan fingerprint density at radius 1 is 1.44 bits per heavy atom. The van der Waals surface area contributed by atoms with Crippen molar-refractivity contribution in [1.29, 1.82) is 0 Å². The second-order valence-electron chi connectivity index (χ2n) is 3.50. The number of nitro groups is 1. The minimum absolute atomic E-state index is 0.0560. The van der Waals surface area contributed by atoms with Crippen molar-refractivity contribution in [2.24, 2.45) is 0 Å². The summed E-state index contributed by atoms with van der Waals surface area (Å²) >= 11 is 0. The summed E-state index contributed by atoms with van der Waals surface area (Å²) in [7, 11) is 1.49. The molecule has 1 atom stereocenters. The topological polar surface area (TPSA) is 98.9 Å². The first kappa shape index (κ1) is 13.9. The van der Waals surface area contributed by atoms with Crippen molar-refractivity contribution in [3.63, 3.8) is 0 Å². The smallest absolute Gasteiger partial charge is 0.450 e. The lowest BCUT2D eigenvalue weighted by Gasteiger charge is -2.15. The molecular formula is C11H13NO6. The highest BCUT2D eigenvalue weighted by Gasteiger charge is 2.17. The molecule has 0 saturated carbocycles. The Balaban J connectivity index is 2.83. The quantitative estimate of drug-likeness (QED) is 0.476. The second-order valence-corrected chi connectivity index (χ2v) is 3.50. The van der Waals surface area contributed by atoms with Crippen molar-refractivity contribution in [3.05, 3.63) is 39.9 Å². The lowest BCUT2D eigenvalue weighted by molar-refractivity contribution is -0.384. The van der Waals surface area contributed by atoms with Gasteiger partial charge >= 0.3 is 6.16 Å². The molecule has 0 aliphatic heterocycles. The summed E-state index contributed by atoms with van der Waals surface area (Å²) < 4.78 is 9.56. The number of carboxylic acid groups (broad SMARTS) is 1. The van der Waals surface area contributed by atoms with Gasteiger partial charge in [0, 0.05) is 25.7 Å². The highest BCUT2D eigenvalue weighted by molar-refractivity contribution is 5.57. The van der Waals surface area contributed by atoms with E-state index in [1.807, 2.05) is 0 Å². The number of methoxy groups -OCH3 is 1. The lowest BCUT2D eigenvalue weighted by Crippen LogP contribution is -2.11. The van der Waals surface area contributed by atoms with E-state index in [1.165, 1.54) is 31.4 Å². The van der Waals surface area contributed by atoms with Crippen LogP contribution in [0.4, 0.5) is 10.5 Å². The van der Waals surface area contributed by atoms with E-state index in [0.717, 1.165) is 0 Å². The van der Waals surface area contributed by atoms with E-state index in [1.54, 1.807) is 0 Å². The molecule has 0 saturated heterocycles. The van der Waals surface area contributed by atoms with Crippen molar-refractivity contribution in [2.75, 3.05) is 13.7 Å². The Morgan fingerprint density at radius 2 is 2.06 bits per heavy atom. The molecular weight excluding hydrogens is 242 g/mol. The second kappa shape index (κ2) is 6.55. The molecule has 1 unspecified atom stereocenters. The number of nitro benzene ring substituents is 1. The van der Waals surface area contributed by atoms with Gasteiger partial charge in [0.2, 0.25) is 0 Å². The van der Waals surface area contributed by atoms with Crippen molar-refractivity contribution >= 4 is 11.8 Å². The van der Waals surface area contributed by atoms with E-state index in [-0.39, 0.29) is 5.69 Å². The first-order chi connectivity index (χ1) is 8.54. The standard InChI is InChI=1S/C11H13NO6/c1-17-7-6-10(18-11(13)14)8-2-4-9(5-3-8)12(15)16/h2-5,10H,6-7H2,1H3,(H,13,14). The van der Waals surface area contributed by atoms with E-state index >= 15 is 0 Å². The SMILES string of the molecule is COCCC(OC(=O)O)c1ccc([N+](=O)[O-])cc1. The Hall–Kier alpha value is -2.15. The summed E-state index contributed by atoms with van der Waals surface area (Å²) in [5.74, 6) is 0. The summed E-state index contributed by atoms with van der Waals surface area (Å²) in [6, 6.07) is 5.56. The third-order valence-corrected chi connectivity index (χ3v) is 2.30. The Bertz CT molecular complexity index is 416. The van der Waals surface area contributed by atoms with Gasteiger partial charge in [0.25, 0.3) is 5.69 Å². The molecule has 0 radical (unpaired) electrons. The minimum atomic E-state index is -1.39. The van der Waals surface area contributed by atoms with Crippen LogP contribution in [-0.2, 0) is 9.47 Å². The van der Waals surface area contributed by atoms with Gasteiger partial charge in [-0.1, -0.05) is 0 Å². The number of benzene rings is 1. The molecule has 18 heavy (non-hydrogen) atoms. The molecule has 0 amide bonds. The molecule has 1 N–H and O–H groups in total. The van der Waals surface area contributed by atoms with Crippen molar-refractivity contribution in [3.8, 4) is 0 Å². The summed E-state index contributed by atoms with van der Waals surface area (Å²) in [5.41, 5.74) is 0.500. The van der Waals surface area contributed by atoms with Gasteiger partial charge < -0.3 is 14.6 Å². The maximum absolute atomic E-state index is 10.6. The summed E-state index contributed by atoms with van der Waals surface area (Å²) in [6.45, 7) is 0.328. The van der Waals surface area contributed by atoms with Crippen molar-refractivity contribution in [2.45, 2.75) is 12.5 Å². The maximum Gasteiger partial charge on any atom is 0.506 e. The van der Waals surface area contributed by atoms with Crippen LogP contribution in [0.5, 0.6) is 0 Å². The zero-order chi connectivity index (χ0) is 13.5. The van der Waals surface area contributed by atoms with Crippen molar-refractivity contribution < 1.29 is 24.3 Å². The van der Waals surface area contributed by atoms with E-state index in [9.17, 15) is 14.9 Å². The highest BCUT2D eigenvalue weighted by atomic mass is 16.7. The number of hydrogen-bond acceptors (Lipinski definition) is 5. The van der Waals surface area contributed by atoms with E-state index < -0.39 is 17.2 Å². The number of nitrogens with zero attached hydrogens (tertiary/aromatic N) is 1. The average molecular weight is 255 g/mol. The van der Waals surface area contributed by atoms with Gasteiger partial charge in [-0.05, 0) is 17.7 Å². The molecule has 0 aliphatic rings. The normalized spacial score (nSPS) is 11.8.